The van der Waals surface area contributed by atoms with Crippen LogP contribution in [0.2, 0.25) is 0 Å². The fourth-order valence-corrected chi connectivity index (χ4v) is 2.31. The number of ether oxygens (including phenoxy) is 2. The number of hydrogen-bond donors (Lipinski definition) is 1. The van der Waals surface area contributed by atoms with Gasteiger partial charge in [-0.15, -0.1) is 0 Å². The number of nitrogens with one attached hydrogen (secondary N) is 1. The predicted molar refractivity (Wildman–Crippen MR) is 81.3 cm³/mol. The average Bonchev–Trinajstić information content (AvgIpc) is 2.72. The Hall–Kier alpha value is -1.75. The van der Waals surface area contributed by atoms with Crippen LogP contribution in [0.25, 0.3) is 0 Å². The Bertz CT molecular complexity index is 587. The van der Waals surface area contributed by atoms with Crippen molar-refractivity contribution in [2.75, 3.05) is 18.5 Å². The van der Waals surface area contributed by atoms with Gasteiger partial charge in [0.25, 0.3) is 0 Å². The van der Waals surface area contributed by atoms with Crippen LogP contribution in [0.1, 0.15) is 12.0 Å². The van der Waals surface area contributed by atoms with Gasteiger partial charge in [-0.1, -0.05) is 12.1 Å². The maximum atomic E-state index is 5.80. The molecule has 0 saturated heterocycles. The molecule has 3 rings (SSSR count). The normalized spacial score (nSPS) is 13.7. The fraction of sp³-hybridized carbons (Fsp3) is 0.267. The second kappa shape index (κ2) is 6.13. The largest absolute Gasteiger partial charge is 0.490 e. The average molecular weight is 335 g/mol. The van der Waals surface area contributed by atoms with Crippen LogP contribution in [-0.4, -0.2) is 18.2 Å². The van der Waals surface area contributed by atoms with Crippen LogP contribution in [0.5, 0.6) is 11.5 Å². The number of para-hydroxylation sites is 1. The maximum absolute atomic E-state index is 5.80. The van der Waals surface area contributed by atoms with Crippen molar-refractivity contribution >= 4 is 21.6 Å². The van der Waals surface area contributed by atoms with Gasteiger partial charge < -0.3 is 14.8 Å². The highest BCUT2D eigenvalue weighted by atomic mass is 79.9. The molecule has 0 spiro atoms. The zero-order valence-corrected chi connectivity index (χ0v) is 12.5. The molecule has 20 heavy (non-hydrogen) atoms. The molecule has 0 radical (unpaired) electrons. The molecule has 0 saturated carbocycles. The van der Waals surface area contributed by atoms with Crippen molar-refractivity contribution in [1.29, 1.82) is 0 Å². The molecule has 104 valence electrons. The highest BCUT2D eigenvalue weighted by Crippen LogP contribution is 2.33. The van der Waals surface area contributed by atoms with Gasteiger partial charge in [0.1, 0.15) is 4.60 Å². The van der Waals surface area contributed by atoms with Crippen LogP contribution < -0.4 is 14.8 Å². The van der Waals surface area contributed by atoms with Crippen molar-refractivity contribution in [3.63, 3.8) is 0 Å². The zero-order chi connectivity index (χ0) is 13.8. The molecule has 2 aromatic rings. The topological polar surface area (TPSA) is 43.4 Å². The van der Waals surface area contributed by atoms with Crippen LogP contribution in [0.3, 0.4) is 0 Å². The minimum absolute atomic E-state index is 0.676. The lowest BCUT2D eigenvalue weighted by molar-refractivity contribution is 0.296. The van der Waals surface area contributed by atoms with Gasteiger partial charge in [0, 0.05) is 18.5 Å². The Balaban J connectivity index is 1.75. The minimum atomic E-state index is 0.676. The van der Waals surface area contributed by atoms with Crippen LogP contribution in [0.15, 0.2) is 41.1 Å². The Kier molecular flexibility index (Phi) is 4.06. The number of anilines is 1. The van der Waals surface area contributed by atoms with E-state index in [9.17, 15) is 0 Å². The second-order valence-electron chi connectivity index (χ2n) is 4.52. The molecule has 0 unspecified atom stereocenters. The summed E-state index contributed by atoms with van der Waals surface area (Å²) in [4.78, 5) is 4.19. The highest BCUT2D eigenvalue weighted by molar-refractivity contribution is 9.10. The van der Waals surface area contributed by atoms with E-state index in [4.69, 9.17) is 9.47 Å². The van der Waals surface area contributed by atoms with Crippen LogP contribution >= 0.6 is 15.9 Å². The first-order valence-corrected chi connectivity index (χ1v) is 7.35. The molecule has 1 aromatic carbocycles. The summed E-state index contributed by atoms with van der Waals surface area (Å²) in [6.07, 6.45) is 2.71. The molecule has 0 bridgehead atoms. The molecular weight excluding hydrogens is 320 g/mol. The first-order chi connectivity index (χ1) is 9.83. The summed E-state index contributed by atoms with van der Waals surface area (Å²) in [7, 11) is 0. The molecule has 1 N–H and O–H groups in total. The van der Waals surface area contributed by atoms with Crippen molar-refractivity contribution in [3.05, 3.63) is 46.7 Å². The molecule has 0 amide bonds. The first kappa shape index (κ1) is 13.2. The number of fused-ring (bicyclic) bond motifs is 1. The molecular formula is C15H15BrN2O2. The molecule has 0 atom stereocenters. The maximum Gasteiger partial charge on any atom is 0.166 e. The number of pyridine rings is 1. The third-order valence-electron chi connectivity index (χ3n) is 3.06. The number of rotatable bonds is 3. The molecule has 5 heteroatoms. The monoisotopic (exact) mass is 334 g/mol. The van der Waals surface area contributed by atoms with Crippen LogP contribution in [0.4, 0.5) is 5.69 Å². The van der Waals surface area contributed by atoms with E-state index in [0.29, 0.717) is 19.8 Å². The molecule has 2 heterocycles. The lowest BCUT2D eigenvalue weighted by atomic mass is 10.2. The van der Waals surface area contributed by atoms with Crippen molar-refractivity contribution in [3.8, 4) is 11.5 Å². The smallest absolute Gasteiger partial charge is 0.166 e. The van der Waals surface area contributed by atoms with Gasteiger partial charge in [0.2, 0.25) is 0 Å². The van der Waals surface area contributed by atoms with Gasteiger partial charge in [-0.2, -0.15) is 0 Å². The van der Waals surface area contributed by atoms with Gasteiger partial charge >= 0.3 is 0 Å². The second-order valence-corrected chi connectivity index (χ2v) is 5.33. The van der Waals surface area contributed by atoms with E-state index in [1.54, 1.807) is 6.20 Å². The summed E-state index contributed by atoms with van der Waals surface area (Å²) in [5.74, 6) is 1.68. The molecule has 1 aliphatic heterocycles. The van der Waals surface area contributed by atoms with E-state index >= 15 is 0 Å². The van der Waals surface area contributed by atoms with E-state index in [1.807, 2.05) is 30.3 Å². The zero-order valence-electron chi connectivity index (χ0n) is 10.9. The van der Waals surface area contributed by atoms with E-state index < -0.39 is 0 Å². The van der Waals surface area contributed by atoms with Gasteiger partial charge in [-0.3, -0.25) is 0 Å². The summed E-state index contributed by atoms with van der Waals surface area (Å²) in [6, 6.07) is 9.88. The van der Waals surface area contributed by atoms with E-state index in [2.05, 4.69) is 26.2 Å². The number of halogens is 1. The quantitative estimate of drug-likeness (QED) is 0.870. The third-order valence-corrected chi connectivity index (χ3v) is 3.53. The van der Waals surface area contributed by atoms with Crippen molar-refractivity contribution < 1.29 is 9.47 Å². The van der Waals surface area contributed by atoms with Crippen molar-refractivity contribution in [2.45, 2.75) is 13.0 Å². The molecule has 1 aromatic heterocycles. The van der Waals surface area contributed by atoms with Gasteiger partial charge in [0.15, 0.2) is 11.5 Å². The number of aromatic nitrogens is 1. The van der Waals surface area contributed by atoms with Crippen molar-refractivity contribution in [1.82, 2.24) is 4.98 Å². The highest BCUT2D eigenvalue weighted by Gasteiger charge is 2.14. The van der Waals surface area contributed by atoms with E-state index in [-0.39, 0.29) is 0 Å². The van der Waals surface area contributed by atoms with Gasteiger partial charge in [-0.05, 0) is 34.1 Å². The number of hydrogen-bond acceptors (Lipinski definition) is 4. The lowest BCUT2D eigenvalue weighted by Crippen LogP contribution is -2.03. The summed E-state index contributed by atoms with van der Waals surface area (Å²) < 4.78 is 12.3. The lowest BCUT2D eigenvalue weighted by Gasteiger charge is -2.13. The Morgan fingerprint density at radius 1 is 1.15 bits per heavy atom. The summed E-state index contributed by atoms with van der Waals surface area (Å²) >= 11 is 3.32. The summed E-state index contributed by atoms with van der Waals surface area (Å²) in [5.41, 5.74) is 2.06. The molecule has 0 fully saturated rings. The summed E-state index contributed by atoms with van der Waals surface area (Å²) in [6.45, 7) is 2.08. The molecule has 4 nitrogen and oxygen atoms in total. The van der Waals surface area contributed by atoms with E-state index in [1.165, 1.54) is 0 Å². The summed E-state index contributed by atoms with van der Waals surface area (Å²) in [5, 5.41) is 3.34. The predicted octanol–water partition coefficient (Wildman–Crippen LogP) is 3.62. The van der Waals surface area contributed by atoms with Gasteiger partial charge in [-0.25, -0.2) is 4.98 Å². The van der Waals surface area contributed by atoms with Crippen LogP contribution in [0, 0.1) is 0 Å². The SMILES string of the molecule is Brc1ccc(NCc2cccc3c2OCCCO3)cn1. The third kappa shape index (κ3) is 3.04. The molecule has 1 aliphatic rings. The minimum Gasteiger partial charge on any atom is -0.490 e. The fourth-order valence-electron chi connectivity index (χ4n) is 2.07. The van der Waals surface area contributed by atoms with Crippen molar-refractivity contribution in [2.24, 2.45) is 0 Å². The standard InChI is InChI=1S/C15H15BrN2O2/c16-14-6-5-12(10-18-14)17-9-11-3-1-4-13-15(11)20-8-2-7-19-13/h1,3-6,10,17H,2,7-9H2. The Labute approximate surface area is 126 Å². The van der Waals surface area contributed by atoms with Gasteiger partial charge in [0.05, 0.1) is 25.1 Å². The van der Waals surface area contributed by atoms with Crippen LogP contribution in [-0.2, 0) is 6.54 Å². The Morgan fingerprint density at radius 3 is 2.90 bits per heavy atom. The molecule has 0 aliphatic carbocycles. The number of benzene rings is 1. The van der Waals surface area contributed by atoms with E-state index in [0.717, 1.165) is 33.8 Å². The first-order valence-electron chi connectivity index (χ1n) is 6.56. The Morgan fingerprint density at radius 2 is 2.05 bits per heavy atom. The number of nitrogens with zero attached hydrogens (tertiary/aromatic N) is 1.